The van der Waals surface area contributed by atoms with Gasteiger partial charge in [0.05, 0.1) is 25.9 Å². The van der Waals surface area contributed by atoms with E-state index in [4.69, 9.17) is 9.47 Å². The van der Waals surface area contributed by atoms with Gasteiger partial charge in [0.25, 0.3) is 0 Å². The molecule has 1 atom stereocenters. The molecular weight excluding hydrogens is 371 g/mol. The Balaban J connectivity index is 1.30. The van der Waals surface area contributed by atoms with Crippen LogP contribution in [0.1, 0.15) is 12.8 Å². The van der Waals surface area contributed by atoms with Crippen molar-refractivity contribution in [2.45, 2.75) is 18.9 Å². The van der Waals surface area contributed by atoms with Gasteiger partial charge in [0.1, 0.15) is 5.82 Å². The van der Waals surface area contributed by atoms with Crippen LogP contribution in [-0.4, -0.2) is 56.4 Å². The third-order valence-electron chi connectivity index (χ3n) is 5.59. The van der Waals surface area contributed by atoms with Crippen molar-refractivity contribution in [3.05, 3.63) is 54.3 Å². The third kappa shape index (κ3) is 5.41. The summed E-state index contributed by atoms with van der Waals surface area (Å²) in [6, 6.07) is 14.0. The number of nitrogens with zero attached hydrogens (tertiary/aromatic N) is 1. The molecule has 2 saturated heterocycles. The predicted molar refractivity (Wildman–Crippen MR) is 110 cm³/mol. The van der Waals surface area contributed by atoms with Gasteiger partial charge in [-0.1, -0.05) is 24.3 Å². The average molecular weight is 398 g/mol. The molecule has 0 bridgehead atoms. The number of carbonyl (C=O) groups is 1. The summed E-state index contributed by atoms with van der Waals surface area (Å²) in [5, 5.41) is 3.04. The minimum atomic E-state index is -0.270. The molecule has 154 valence electrons. The standard InChI is InChI=1S/C23H27FN2O3/c24-20-5-1-3-18(13-20)19-4-2-6-21(14-19)25-23(27)17-7-9-26(10-8-17)15-22-16-28-11-12-29-22/h1-6,13-14,17,22H,7-12,15-16H2,(H,25,27)/t22-/m1/s1. The maximum atomic E-state index is 13.5. The van der Waals surface area contributed by atoms with Gasteiger partial charge in [-0.2, -0.15) is 0 Å². The van der Waals surface area contributed by atoms with E-state index in [1.165, 1.54) is 12.1 Å². The van der Waals surface area contributed by atoms with Crippen molar-refractivity contribution in [3.8, 4) is 11.1 Å². The summed E-state index contributed by atoms with van der Waals surface area (Å²) in [5.74, 6) is -0.209. The first kappa shape index (κ1) is 20.0. The normalized spacial score (nSPS) is 21.1. The molecule has 6 heteroatoms. The fourth-order valence-electron chi connectivity index (χ4n) is 4.00. The number of benzene rings is 2. The number of halogens is 1. The van der Waals surface area contributed by atoms with Gasteiger partial charge in [0.2, 0.25) is 5.91 Å². The van der Waals surface area contributed by atoms with Gasteiger partial charge in [-0.25, -0.2) is 4.39 Å². The smallest absolute Gasteiger partial charge is 0.227 e. The van der Waals surface area contributed by atoms with Gasteiger partial charge in [0.15, 0.2) is 0 Å². The van der Waals surface area contributed by atoms with Gasteiger partial charge in [-0.15, -0.1) is 0 Å². The number of ether oxygens (including phenoxy) is 2. The number of piperidine rings is 1. The lowest BCUT2D eigenvalue weighted by Gasteiger charge is -2.34. The molecule has 2 fully saturated rings. The average Bonchev–Trinajstić information content (AvgIpc) is 2.75. The molecule has 5 nitrogen and oxygen atoms in total. The van der Waals surface area contributed by atoms with Crippen LogP contribution in [0, 0.1) is 11.7 Å². The summed E-state index contributed by atoms with van der Waals surface area (Å²) in [4.78, 5) is 15.1. The lowest BCUT2D eigenvalue weighted by Crippen LogP contribution is -2.44. The Hall–Kier alpha value is -2.28. The monoisotopic (exact) mass is 398 g/mol. The van der Waals surface area contributed by atoms with E-state index < -0.39 is 0 Å². The zero-order chi connectivity index (χ0) is 20.1. The molecule has 2 aromatic carbocycles. The molecule has 29 heavy (non-hydrogen) atoms. The van der Waals surface area contributed by atoms with Crippen molar-refractivity contribution in [3.63, 3.8) is 0 Å². The minimum absolute atomic E-state index is 0.00704. The Morgan fingerprint density at radius 1 is 1.07 bits per heavy atom. The SMILES string of the molecule is O=C(Nc1cccc(-c2cccc(F)c2)c1)C1CCN(C[C@@H]2COCCO2)CC1. The number of anilines is 1. The molecule has 1 amide bonds. The molecule has 2 aliphatic heterocycles. The number of rotatable bonds is 5. The number of amides is 1. The second-order valence-corrected chi connectivity index (χ2v) is 7.72. The number of hydrogen-bond acceptors (Lipinski definition) is 4. The van der Waals surface area contributed by atoms with Crippen molar-refractivity contribution in [1.82, 2.24) is 4.90 Å². The molecule has 0 saturated carbocycles. The maximum Gasteiger partial charge on any atom is 0.227 e. The summed E-state index contributed by atoms with van der Waals surface area (Å²) in [6.07, 6.45) is 1.81. The fourth-order valence-corrected chi connectivity index (χ4v) is 4.00. The molecule has 2 heterocycles. The van der Waals surface area contributed by atoms with E-state index in [1.807, 2.05) is 30.3 Å². The zero-order valence-corrected chi connectivity index (χ0v) is 16.5. The van der Waals surface area contributed by atoms with Crippen molar-refractivity contribution in [2.75, 3.05) is 44.8 Å². The molecule has 0 aliphatic carbocycles. The molecule has 0 spiro atoms. The highest BCUT2D eigenvalue weighted by molar-refractivity contribution is 5.93. The summed E-state index contributed by atoms with van der Waals surface area (Å²) in [5.41, 5.74) is 2.42. The Kier molecular flexibility index (Phi) is 6.54. The van der Waals surface area contributed by atoms with Crippen molar-refractivity contribution in [2.24, 2.45) is 5.92 Å². The zero-order valence-electron chi connectivity index (χ0n) is 16.5. The number of nitrogens with one attached hydrogen (secondary N) is 1. The van der Waals surface area contributed by atoms with Crippen LogP contribution in [0.5, 0.6) is 0 Å². The van der Waals surface area contributed by atoms with Crippen LogP contribution in [0.15, 0.2) is 48.5 Å². The largest absolute Gasteiger partial charge is 0.376 e. The van der Waals surface area contributed by atoms with E-state index in [0.717, 1.165) is 49.3 Å². The number of hydrogen-bond donors (Lipinski definition) is 1. The number of carbonyl (C=O) groups excluding carboxylic acids is 1. The minimum Gasteiger partial charge on any atom is -0.376 e. The van der Waals surface area contributed by atoms with E-state index in [1.54, 1.807) is 6.07 Å². The topological polar surface area (TPSA) is 50.8 Å². The first-order valence-electron chi connectivity index (χ1n) is 10.3. The molecule has 0 radical (unpaired) electrons. The second kappa shape index (κ2) is 9.48. The van der Waals surface area contributed by atoms with Gasteiger partial charge >= 0.3 is 0 Å². The molecule has 1 N–H and O–H groups in total. The van der Waals surface area contributed by atoms with Crippen LogP contribution in [-0.2, 0) is 14.3 Å². The van der Waals surface area contributed by atoms with E-state index in [0.29, 0.717) is 19.8 Å². The summed E-state index contributed by atoms with van der Waals surface area (Å²) in [6.45, 7) is 4.64. The van der Waals surface area contributed by atoms with Crippen LogP contribution >= 0.6 is 0 Å². The summed E-state index contributed by atoms with van der Waals surface area (Å²) >= 11 is 0. The summed E-state index contributed by atoms with van der Waals surface area (Å²) in [7, 11) is 0. The molecule has 0 aromatic heterocycles. The van der Waals surface area contributed by atoms with Crippen molar-refractivity contribution in [1.29, 1.82) is 0 Å². The Morgan fingerprint density at radius 2 is 1.83 bits per heavy atom. The Bertz CT molecular complexity index is 830. The van der Waals surface area contributed by atoms with E-state index in [-0.39, 0.29) is 23.7 Å². The molecular formula is C23H27FN2O3. The lowest BCUT2D eigenvalue weighted by atomic mass is 9.95. The third-order valence-corrected chi connectivity index (χ3v) is 5.59. The fraction of sp³-hybridized carbons (Fsp3) is 0.435. The van der Waals surface area contributed by atoms with Gasteiger partial charge in [-0.05, 0) is 61.3 Å². The molecule has 0 unspecified atom stereocenters. The van der Waals surface area contributed by atoms with Crippen LogP contribution in [0.25, 0.3) is 11.1 Å². The highest BCUT2D eigenvalue weighted by atomic mass is 19.1. The van der Waals surface area contributed by atoms with Crippen LogP contribution < -0.4 is 5.32 Å². The van der Waals surface area contributed by atoms with Crippen LogP contribution in [0.4, 0.5) is 10.1 Å². The van der Waals surface area contributed by atoms with Crippen molar-refractivity contribution < 1.29 is 18.7 Å². The van der Waals surface area contributed by atoms with Gasteiger partial charge < -0.3 is 19.7 Å². The first-order valence-corrected chi connectivity index (χ1v) is 10.3. The Labute approximate surface area is 170 Å². The van der Waals surface area contributed by atoms with Crippen LogP contribution in [0.2, 0.25) is 0 Å². The van der Waals surface area contributed by atoms with E-state index >= 15 is 0 Å². The summed E-state index contributed by atoms with van der Waals surface area (Å²) < 4.78 is 24.7. The van der Waals surface area contributed by atoms with E-state index in [2.05, 4.69) is 10.2 Å². The highest BCUT2D eigenvalue weighted by Gasteiger charge is 2.27. The molecule has 2 aromatic rings. The predicted octanol–water partition coefficient (Wildman–Crippen LogP) is 3.56. The maximum absolute atomic E-state index is 13.5. The molecule has 4 rings (SSSR count). The van der Waals surface area contributed by atoms with Gasteiger partial charge in [-0.3, -0.25) is 4.79 Å². The number of likely N-dealkylation sites (tertiary alicyclic amines) is 1. The second-order valence-electron chi connectivity index (χ2n) is 7.72. The van der Waals surface area contributed by atoms with E-state index in [9.17, 15) is 9.18 Å². The first-order chi connectivity index (χ1) is 14.2. The van der Waals surface area contributed by atoms with Gasteiger partial charge in [0, 0.05) is 18.2 Å². The Morgan fingerprint density at radius 3 is 2.55 bits per heavy atom. The lowest BCUT2D eigenvalue weighted by molar-refractivity contribution is -0.122. The molecule has 2 aliphatic rings. The highest BCUT2D eigenvalue weighted by Crippen LogP contribution is 2.25. The van der Waals surface area contributed by atoms with Crippen molar-refractivity contribution >= 4 is 11.6 Å². The quantitative estimate of drug-likeness (QED) is 0.837. The van der Waals surface area contributed by atoms with Crippen LogP contribution in [0.3, 0.4) is 0 Å².